The SMILES string of the molecule is CCC(Cc1cn(C)nn1)C(C)NC. The third kappa shape index (κ3) is 2.80. The molecule has 2 atom stereocenters. The first-order chi connectivity index (χ1) is 6.67. The zero-order valence-corrected chi connectivity index (χ0v) is 9.49. The largest absolute Gasteiger partial charge is 0.317 e. The van der Waals surface area contributed by atoms with Gasteiger partial charge in [0.2, 0.25) is 0 Å². The Balaban J connectivity index is 2.56. The van der Waals surface area contributed by atoms with E-state index in [1.54, 1.807) is 4.68 Å². The molecule has 0 saturated carbocycles. The summed E-state index contributed by atoms with van der Waals surface area (Å²) in [4.78, 5) is 0. The molecule has 0 amide bonds. The van der Waals surface area contributed by atoms with Crippen molar-refractivity contribution in [1.82, 2.24) is 20.3 Å². The van der Waals surface area contributed by atoms with Crippen LogP contribution in [-0.4, -0.2) is 28.1 Å². The maximum absolute atomic E-state index is 4.11. The Labute approximate surface area is 85.7 Å². The number of nitrogens with one attached hydrogen (secondary N) is 1. The first kappa shape index (κ1) is 11.2. The highest BCUT2D eigenvalue weighted by atomic mass is 15.4. The molecule has 1 N–H and O–H groups in total. The van der Waals surface area contributed by atoms with Gasteiger partial charge in [0.1, 0.15) is 0 Å². The van der Waals surface area contributed by atoms with Gasteiger partial charge >= 0.3 is 0 Å². The van der Waals surface area contributed by atoms with Gasteiger partial charge in [-0.2, -0.15) is 0 Å². The van der Waals surface area contributed by atoms with Crippen molar-refractivity contribution >= 4 is 0 Å². The molecule has 0 radical (unpaired) electrons. The molecule has 0 aliphatic rings. The van der Waals surface area contributed by atoms with Gasteiger partial charge in [-0.3, -0.25) is 4.68 Å². The monoisotopic (exact) mass is 196 g/mol. The van der Waals surface area contributed by atoms with Crippen molar-refractivity contribution < 1.29 is 0 Å². The van der Waals surface area contributed by atoms with E-state index in [1.807, 2.05) is 20.3 Å². The Bertz CT molecular complexity index is 269. The van der Waals surface area contributed by atoms with E-state index in [-0.39, 0.29) is 0 Å². The second-order valence-electron chi connectivity index (χ2n) is 3.83. The first-order valence-electron chi connectivity index (χ1n) is 5.19. The van der Waals surface area contributed by atoms with Gasteiger partial charge in [0.05, 0.1) is 5.69 Å². The highest BCUT2D eigenvalue weighted by Gasteiger charge is 2.15. The number of aromatic nitrogens is 3. The van der Waals surface area contributed by atoms with Crippen LogP contribution in [-0.2, 0) is 13.5 Å². The fourth-order valence-corrected chi connectivity index (χ4v) is 1.67. The standard InChI is InChI=1S/C10H20N4/c1-5-9(8(2)11-3)6-10-7-14(4)13-12-10/h7-9,11H,5-6H2,1-4H3. The number of aryl methyl sites for hydroxylation is 1. The molecular weight excluding hydrogens is 176 g/mol. The molecule has 4 nitrogen and oxygen atoms in total. The Morgan fingerprint density at radius 2 is 2.29 bits per heavy atom. The lowest BCUT2D eigenvalue weighted by atomic mass is 9.93. The summed E-state index contributed by atoms with van der Waals surface area (Å²) in [6, 6.07) is 0.530. The van der Waals surface area contributed by atoms with E-state index in [0.29, 0.717) is 12.0 Å². The van der Waals surface area contributed by atoms with Gasteiger partial charge in [0.15, 0.2) is 0 Å². The van der Waals surface area contributed by atoms with Crippen LogP contribution in [0.2, 0.25) is 0 Å². The Morgan fingerprint density at radius 1 is 1.57 bits per heavy atom. The van der Waals surface area contributed by atoms with Crippen molar-refractivity contribution in [1.29, 1.82) is 0 Å². The summed E-state index contributed by atoms with van der Waals surface area (Å²) in [5, 5.41) is 11.3. The van der Waals surface area contributed by atoms with Gasteiger partial charge in [-0.05, 0) is 26.3 Å². The van der Waals surface area contributed by atoms with Crippen LogP contribution in [0.15, 0.2) is 6.20 Å². The summed E-state index contributed by atoms with van der Waals surface area (Å²) in [7, 11) is 3.91. The zero-order chi connectivity index (χ0) is 10.6. The van der Waals surface area contributed by atoms with Gasteiger partial charge < -0.3 is 5.32 Å². The Hall–Kier alpha value is -0.900. The van der Waals surface area contributed by atoms with Crippen molar-refractivity contribution in [2.24, 2.45) is 13.0 Å². The van der Waals surface area contributed by atoms with Crippen molar-refractivity contribution in [2.45, 2.75) is 32.7 Å². The number of nitrogens with zero attached hydrogens (tertiary/aromatic N) is 3. The van der Waals surface area contributed by atoms with Crippen molar-refractivity contribution in [2.75, 3.05) is 7.05 Å². The molecule has 0 spiro atoms. The third-order valence-corrected chi connectivity index (χ3v) is 2.81. The Kier molecular flexibility index (Phi) is 4.07. The van der Waals surface area contributed by atoms with Crippen LogP contribution in [0.5, 0.6) is 0 Å². The van der Waals surface area contributed by atoms with Gasteiger partial charge in [0, 0.05) is 19.3 Å². The van der Waals surface area contributed by atoms with E-state index >= 15 is 0 Å². The fourth-order valence-electron chi connectivity index (χ4n) is 1.67. The molecular formula is C10H20N4. The van der Waals surface area contributed by atoms with E-state index < -0.39 is 0 Å². The highest BCUT2D eigenvalue weighted by molar-refractivity contribution is 4.95. The van der Waals surface area contributed by atoms with Gasteiger partial charge in [-0.15, -0.1) is 5.10 Å². The minimum absolute atomic E-state index is 0.530. The molecule has 4 heteroatoms. The fraction of sp³-hybridized carbons (Fsp3) is 0.800. The lowest BCUT2D eigenvalue weighted by Gasteiger charge is -2.20. The number of rotatable bonds is 5. The molecule has 0 bridgehead atoms. The van der Waals surface area contributed by atoms with Crippen LogP contribution in [0.4, 0.5) is 0 Å². The molecule has 0 aliphatic heterocycles. The predicted octanol–water partition coefficient (Wildman–Crippen LogP) is 0.992. The minimum atomic E-state index is 0.530. The van der Waals surface area contributed by atoms with Crippen LogP contribution in [0.3, 0.4) is 0 Å². The first-order valence-corrected chi connectivity index (χ1v) is 5.19. The molecule has 0 fully saturated rings. The molecule has 2 unspecified atom stereocenters. The van der Waals surface area contributed by atoms with Crippen LogP contribution in [0.1, 0.15) is 26.0 Å². The summed E-state index contributed by atoms with van der Waals surface area (Å²) >= 11 is 0. The van der Waals surface area contributed by atoms with E-state index in [0.717, 1.165) is 12.1 Å². The number of hydrogen-bond acceptors (Lipinski definition) is 3. The molecule has 1 aromatic heterocycles. The van der Waals surface area contributed by atoms with Gasteiger partial charge in [-0.25, -0.2) is 0 Å². The van der Waals surface area contributed by atoms with Crippen LogP contribution in [0, 0.1) is 5.92 Å². The molecule has 0 aromatic carbocycles. The van der Waals surface area contributed by atoms with Crippen molar-refractivity contribution in [3.63, 3.8) is 0 Å². The molecule has 0 aliphatic carbocycles. The quantitative estimate of drug-likeness (QED) is 0.763. The lowest BCUT2D eigenvalue weighted by Crippen LogP contribution is -2.31. The van der Waals surface area contributed by atoms with Gasteiger partial charge in [-0.1, -0.05) is 18.6 Å². The highest BCUT2D eigenvalue weighted by Crippen LogP contribution is 2.13. The summed E-state index contributed by atoms with van der Waals surface area (Å²) in [5.74, 6) is 0.636. The summed E-state index contributed by atoms with van der Waals surface area (Å²) < 4.78 is 1.76. The lowest BCUT2D eigenvalue weighted by molar-refractivity contribution is 0.378. The maximum atomic E-state index is 4.11. The average molecular weight is 196 g/mol. The van der Waals surface area contributed by atoms with E-state index in [2.05, 4.69) is 29.5 Å². The van der Waals surface area contributed by atoms with E-state index in [9.17, 15) is 0 Å². The molecule has 1 aromatic rings. The van der Waals surface area contributed by atoms with Crippen LogP contribution < -0.4 is 5.32 Å². The molecule has 0 saturated heterocycles. The minimum Gasteiger partial charge on any atom is -0.317 e. The third-order valence-electron chi connectivity index (χ3n) is 2.81. The molecule has 1 heterocycles. The second-order valence-corrected chi connectivity index (χ2v) is 3.83. The maximum Gasteiger partial charge on any atom is 0.0830 e. The van der Waals surface area contributed by atoms with Crippen molar-refractivity contribution in [3.05, 3.63) is 11.9 Å². The number of hydrogen-bond donors (Lipinski definition) is 1. The smallest absolute Gasteiger partial charge is 0.0830 e. The summed E-state index contributed by atoms with van der Waals surface area (Å²) in [6.45, 7) is 4.43. The topological polar surface area (TPSA) is 42.7 Å². The average Bonchev–Trinajstić information content (AvgIpc) is 2.59. The van der Waals surface area contributed by atoms with E-state index in [4.69, 9.17) is 0 Å². The van der Waals surface area contributed by atoms with Crippen molar-refractivity contribution in [3.8, 4) is 0 Å². The predicted molar refractivity (Wildman–Crippen MR) is 57.0 cm³/mol. The molecule has 80 valence electrons. The van der Waals surface area contributed by atoms with Gasteiger partial charge in [0.25, 0.3) is 0 Å². The van der Waals surface area contributed by atoms with E-state index in [1.165, 1.54) is 6.42 Å². The Morgan fingerprint density at radius 3 is 2.71 bits per heavy atom. The molecule has 14 heavy (non-hydrogen) atoms. The van der Waals surface area contributed by atoms with Crippen LogP contribution in [0.25, 0.3) is 0 Å². The van der Waals surface area contributed by atoms with Crippen LogP contribution >= 0.6 is 0 Å². The zero-order valence-electron chi connectivity index (χ0n) is 9.49. The second kappa shape index (κ2) is 5.10. The molecule has 1 rings (SSSR count). The summed E-state index contributed by atoms with van der Waals surface area (Å²) in [5.41, 5.74) is 1.08. The summed E-state index contributed by atoms with van der Waals surface area (Å²) in [6.07, 6.45) is 4.16. The normalized spacial score (nSPS) is 15.4.